The first kappa shape index (κ1) is 29.3. The number of furan rings is 2. The Morgan fingerprint density at radius 3 is 1.92 bits per heavy atom. The van der Waals surface area contributed by atoms with Gasteiger partial charge in [0, 0.05) is 44.0 Å². The second kappa shape index (κ2) is 11.8. The van der Waals surface area contributed by atoms with Crippen LogP contribution in [0, 0.1) is 0 Å². The number of benzene rings is 6. The van der Waals surface area contributed by atoms with Crippen LogP contribution in [-0.4, -0.2) is 15.0 Å². The number of para-hydroxylation sites is 1. The van der Waals surface area contributed by atoms with Gasteiger partial charge in [0.1, 0.15) is 22.5 Å². The molecule has 0 amide bonds. The van der Waals surface area contributed by atoms with E-state index in [2.05, 4.69) is 97.9 Å². The number of fused-ring (bicyclic) bond motifs is 6. The van der Waals surface area contributed by atoms with Gasteiger partial charge in [0.2, 0.25) is 0 Å². The Hall–Kier alpha value is -6.59. The van der Waals surface area contributed by atoms with Crippen molar-refractivity contribution in [1.82, 2.24) is 15.0 Å². The Labute approximate surface area is 294 Å². The smallest absolute Gasteiger partial charge is 0.164 e. The number of hydrogen-bond acceptors (Lipinski definition) is 5. The van der Waals surface area contributed by atoms with E-state index in [0.29, 0.717) is 17.5 Å². The van der Waals surface area contributed by atoms with Gasteiger partial charge in [-0.25, -0.2) is 15.0 Å². The number of rotatable bonds is 5. The fraction of sp³-hybridized carbons (Fsp3) is 0.0652. The largest absolute Gasteiger partial charge is 0.456 e. The van der Waals surface area contributed by atoms with E-state index in [1.165, 1.54) is 16.7 Å². The maximum Gasteiger partial charge on any atom is 0.164 e. The lowest BCUT2D eigenvalue weighted by Crippen LogP contribution is -2.02. The average Bonchev–Trinajstić information content (AvgIpc) is 3.78. The van der Waals surface area contributed by atoms with Crippen molar-refractivity contribution in [2.75, 3.05) is 0 Å². The quantitative estimate of drug-likeness (QED) is 0.184. The molecule has 3 aromatic heterocycles. The monoisotopic (exact) mass is 657 g/mol. The molecule has 6 aromatic carbocycles. The third-order valence-electron chi connectivity index (χ3n) is 10.0. The number of hydrogen-bond donors (Lipinski definition) is 0. The summed E-state index contributed by atoms with van der Waals surface area (Å²) < 4.78 is 13.0. The lowest BCUT2D eigenvalue weighted by atomic mass is 9.87. The molecule has 5 nitrogen and oxygen atoms in total. The molecule has 10 rings (SSSR count). The van der Waals surface area contributed by atoms with Gasteiger partial charge in [-0.1, -0.05) is 122 Å². The maximum absolute atomic E-state index is 6.76. The second-order valence-corrected chi connectivity index (χ2v) is 13.2. The highest BCUT2D eigenvalue weighted by molar-refractivity contribution is 6.06. The average molecular weight is 658 g/mol. The minimum absolute atomic E-state index is 0.270. The van der Waals surface area contributed by atoms with Gasteiger partial charge in [-0.05, 0) is 65.4 Å². The van der Waals surface area contributed by atoms with Crippen LogP contribution < -0.4 is 0 Å². The van der Waals surface area contributed by atoms with Crippen molar-refractivity contribution >= 4 is 39.0 Å². The van der Waals surface area contributed by atoms with Crippen LogP contribution in [0.1, 0.15) is 30.6 Å². The SMILES string of the molecule is CC1CC=Cc2oc3c(-c4ccc(-c5ccccc5)cc4)ccc(-c4nc(-c5ccccc5)nc(-c5ccc6c(c5)oc5ccccc56)n4)c3c21. The molecular formula is C46H31N3O2. The molecule has 0 saturated carbocycles. The first-order valence-corrected chi connectivity index (χ1v) is 17.3. The van der Waals surface area contributed by atoms with Crippen molar-refractivity contribution in [3.63, 3.8) is 0 Å². The molecule has 1 unspecified atom stereocenters. The summed E-state index contributed by atoms with van der Waals surface area (Å²) in [4.78, 5) is 15.4. The Morgan fingerprint density at radius 2 is 1.12 bits per heavy atom. The summed E-state index contributed by atoms with van der Waals surface area (Å²) in [6, 6.07) is 47.9. The Bertz CT molecular complexity index is 2780. The summed E-state index contributed by atoms with van der Waals surface area (Å²) in [5.74, 6) is 2.96. The molecular weight excluding hydrogens is 627 g/mol. The summed E-state index contributed by atoms with van der Waals surface area (Å²) in [7, 11) is 0. The summed E-state index contributed by atoms with van der Waals surface area (Å²) in [6.07, 6.45) is 5.25. The van der Waals surface area contributed by atoms with Crippen LogP contribution in [-0.2, 0) is 0 Å². The molecule has 0 fully saturated rings. The Kier molecular flexibility index (Phi) is 6.78. The highest BCUT2D eigenvalue weighted by Crippen LogP contribution is 2.46. The lowest BCUT2D eigenvalue weighted by molar-refractivity contribution is 0.587. The zero-order valence-electron chi connectivity index (χ0n) is 27.9. The normalized spacial score (nSPS) is 14.0. The minimum atomic E-state index is 0.270. The molecule has 3 heterocycles. The van der Waals surface area contributed by atoms with Crippen LogP contribution in [0.15, 0.2) is 154 Å². The standard InChI is InChI=1S/C46H31N3O2/c1-28-11-10-18-39-41(28)42-37(26-25-34(43(42)51-39)31-21-19-30(20-22-31)29-12-4-2-5-13-29)46-48-44(32-14-6-3-7-15-32)47-45(49-46)33-23-24-36-35-16-8-9-17-38(35)50-40(36)27-33/h2-10,12-28H,11H2,1H3. The highest BCUT2D eigenvalue weighted by Gasteiger charge is 2.27. The zero-order chi connectivity index (χ0) is 33.9. The number of nitrogens with zero attached hydrogens (tertiary/aromatic N) is 3. The van der Waals surface area contributed by atoms with Gasteiger partial charge >= 0.3 is 0 Å². The van der Waals surface area contributed by atoms with E-state index in [1.54, 1.807) is 0 Å². The van der Waals surface area contributed by atoms with Gasteiger partial charge < -0.3 is 8.83 Å². The van der Waals surface area contributed by atoms with Crippen molar-refractivity contribution in [3.8, 4) is 56.4 Å². The van der Waals surface area contributed by atoms with Crippen molar-refractivity contribution in [3.05, 3.63) is 157 Å². The minimum Gasteiger partial charge on any atom is -0.456 e. The van der Waals surface area contributed by atoms with Crippen molar-refractivity contribution in [1.29, 1.82) is 0 Å². The third-order valence-corrected chi connectivity index (χ3v) is 10.0. The molecule has 5 heteroatoms. The predicted molar refractivity (Wildman–Crippen MR) is 206 cm³/mol. The molecule has 0 bridgehead atoms. The maximum atomic E-state index is 6.76. The summed E-state index contributed by atoms with van der Waals surface area (Å²) in [5.41, 5.74) is 10.9. The van der Waals surface area contributed by atoms with E-state index < -0.39 is 0 Å². The molecule has 0 saturated heterocycles. The molecule has 0 radical (unpaired) electrons. The first-order valence-electron chi connectivity index (χ1n) is 17.3. The summed E-state index contributed by atoms with van der Waals surface area (Å²) in [6.45, 7) is 2.26. The van der Waals surface area contributed by atoms with Crippen molar-refractivity contribution in [2.45, 2.75) is 19.3 Å². The molecule has 0 N–H and O–H groups in total. The molecule has 0 aliphatic heterocycles. The fourth-order valence-corrected chi connectivity index (χ4v) is 7.45. The van der Waals surface area contributed by atoms with E-state index in [1.807, 2.05) is 60.7 Å². The van der Waals surface area contributed by atoms with Gasteiger partial charge in [-0.3, -0.25) is 0 Å². The first-order chi connectivity index (χ1) is 25.2. The Morgan fingerprint density at radius 1 is 0.510 bits per heavy atom. The third kappa shape index (κ3) is 4.97. The van der Waals surface area contributed by atoms with Gasteiger partial charge in [-0.2, -0.15) is 0 Å². The molecule has 1 aliphatic carbocycles. The molecule has 242 valence electrons. The van der Waals surface area contributed by atoms with Crippen molar-refractivity contribution in [2.24, 2.45) is 0 Å². The summed E-state index contributed by atoms with van der Waals surface area (Å²) in [5, 5.41) is 3.20. The molecule has 51 heavy (non-hydrogen) atoms. The van der Waals surface area contributed by atoms with E-state index >= 15 is 0 Å². The van der Waals surface area contributed by atoms with E-state index in [-0.39, 0.29) is 5.92 Å². The van der Waals surface area contributed by atoms with Crippen LogP contribution in [0.4, 0.5) is 0 Å². The fourth-order valence-electron chi connectivity index (χ4n) is 7.45. The topological polar surface area (TPSA) is 65.0 Å². The number of aromatic nitrogens is 3. The highest BCUT2D eigenvalue weighted by atomic mass is 16.3. The van der Waals surface area contributed by atoms with Crippen molar-refractivity contribution < 1.29 is 8.83 Å². The lowest BCUT2D eigenvalue weighted by Gasteiger charge is -2.15. The summed E-state index contributed by atoms with van der Waals surface area (Å²) >= 11 is 0. The predicted octanol–water partition coefficient (Wildman–Crippen LogP) is 12.4. The van der Waals surface area contributed by atoms with Gasteiger partial charge in [0.25, 0.3) is 0 Å². The van der Waals surface area contributed by atoms with E-state index in [9.17, 15) is 0 Å². The van der Waals surface area contributed by atoms with E-state index in [0.717, 1.165) is 72.9 Å². The van der Waals surface area contributed by atoms with Crippen LogP contribution in [0.2, 0.25) is 0 Å². The van der Waals surface area contributed by atoms with Gasteiger partial charge in [0.05, 0.1) is 0 Å². The number of allylic oxidation sites excluding steroid dienone is 1. The van der Waals surface area contributed by atoms with Crippen LogP contribution in [0.5, 0.6) is 0 Å². The zero-order valence-corrected chi connectivity index (χ0v) is 27.9. The molecule has 1 aliphatic rings. The van der Waals surface area contributed by atoms with Crippen LogP contribution >= 0.6 is 0 Å². The second-order valence-electron chi connectivity index (χ2n) is 13.2. The van der Waals surface area contributed by atoms with Crippen LogP contribution in [0.3, 0.4) is 0 Å². The van der Waals surface area contributed by atoms with E-state index in [4.69, 9.17) is 23.8 Å². The molecule has 1 atom stereocenters. The molecule has 0 spiro atoms. The van der Waals surface area contributed by atoms with Gasteiger partial charge in [-0.15, -0.1) is 0 Å². The Balaban J connectivity index is 1.18. The van der Waals surface area contributed by atoms with Crippen LogP contribution in [0.25, 0.3) is 95.4 Å². The molecule has 9 aromatic rings. The van der Waals surface area contributed by atoms with Gasteiger partial charge in [0.15, 0.2) is 17.5 Å².